The first-order valence-corrected chi connectivity index (χ1v) is 12.8. The van der Waals surface area contributed by atoms with Crippen LogP contribution in [0.3, 0.4) is 0 Å². The molecule has 0 amide bonds. The summed E-state index contributed by atoms with van der Waals surface area (Å²) in [5.41, 5.74) is 1.17. The number of fused-ring (bicyclic) bond motifs is 1. The van der Waals surface area contributed by atoms with E-state index in [1.165, 1.54) is 0 Å². The number of likely N-dealkylation sites (tertiary alicyclic amines) is 1. The SMILES string of the molecule is CC(C)(C)C(=O)OCc1cc2c(OCC(O)CN3CCC(COc4ccccc4)CC3)cccc2[nH]1. The number of carbonyl (C=O) groups excluding carboxylic acids is 1. The highest BCUT2D eigenvalue weighted by molar-refractivity contribution is 5.86. The fourth-order valence-corrected chi connectivity index (χ4v) is 4.35. The number of nitrogens with one attached hydrogen (secondary N) is 1. The summed E-state index contributed by atoms with van der Waals surface area (Å²) in [5, 5.41) is 11.5. The number of hydrogen-bond acceptors (Lipinski definition) is 6. The van der Waals surface area contributed by atoms with Crippen molar-refractivity contribution in [1.29, 1.82) is 0 Å². The van der Waals surface area contributed by atoms with E-state index in [9.17, 15) is 9.90 Å². The molecule has 0 aliphatic carbocycles. The van der Waals surface area contributed by atoms with E-state index in [2.05, 4.69) is 9.88 Å². The molecule has 0 radical (unpaired) electrons. The van der Waals surface area contributed by atoms with Crippen molar-refractivity contribution in [3.05, 3.63) is 60.3 Å². The maximum Gasteiger partial charge on any atom is 0.311 e. The Bertz CT molecular complexity index is 1110. The molecule has 7 heteroatoms. The average Bonchev–Trinajstić information content (AvgIpc) is 3.29. The number of aromatic nitrogens is 1. The maximum atomic E-state index is 12.1. The number of esters is 1. The minimum Gasteiger partial charge on any atom is -0.493 e. The predicted octanol–water partition coefficient (Wildman–Crippen LogP) is 4.79. The molecule has 0 bridgehead atoms. The zero-order chi connectivity index (χ0) is 25.5. The van der Waals surface area contributed by atoms with Gasteiger partial charge in [-0.2, -0.15) is 0 Å². The van der Waals surface area contributed by atoms with Crippen LogP contribution in [0.1, 0.15) is 39.3 Å². The van der Waals surface area contributed by atoms with Crippen LogP contribution in [-0.4, -0.2) is 59.9 Å². The summed E-state index contributed by atoms with van der Waals surface area (Å²) >= 11 is 0. The summed E-state index contributed by atoms with van der Waals surface area (Å²) in [6, 6.07) is 17.6. The van der Waals surface area contributed by atoms with Gasteiger partial charge in [-0.15, -0.1) is 0 Å². The minimum atomic E-state index is -0.580. The molecule has 1 atom stereocenters. The van der Waals surface area contributed by atoms with Crippen LogP contribution in [0.4, 0.5) is 0 Å². The molecule has 1 saturated heterocycles. The molecule has 36 heavy (non-hydrogen) atoms. The molecule has 7 nitrogen and oxygen atoms in total. The van der Waals surface area contributed by atoms with Crippen LogP contribution in [0, 0.1) is 11.3 Å². The van der Waals surface area contributed by atoms with Crippen molar-refractivity contribution in [2.45, 2.75) is 46.3 Å². The Kier molecular flexibility index (Phi) is 8.54. The van der Waals surface area contributed by atoms with E-state index in [-0.39, 0.29) is 19.2 Å². The van der Waals surface area contributed by atoms with Gasteiger partial charge in [0, 0.05) is 17.4 Å². The van der Waals surface area contributed by atoms with E-state index in [0.29, 0.717) is 18.2 Å². The second-order valence-electron chi connectivity index (χ2n) is 10.7. The van der Waals surface area contributed by atoms with Gasteiger partial charge in [-0.1, -0.05) is 24.3 Å². The van der Waals surface area contributed by atoms with Crippen LogP contribution in [0.25, 0.3) is 10.9 Å². The van der Waals surface area contributed by atoms with Crippen LogP contribution < -0.4 is 9.47 Å². The quantitative estimate of drug-likeness (QED) is 0.395. The number of carbonyl (C=O) groups is 1. The van der Waals surface area contributed by atoms with E-state index >= 15 is 0 Å². The van der Waals surface area contributed by atoms with Gasteiger partial charge in [0.1, 0.15) is 30.8 Å². The van der Waals surface area contributed by atoms with E-state index < -0.39 is 11.5 Å². The lowest BCUT2D eigenvalue weighted by atomic mass is 9.97. The normalized spacial score (nSPS) is 16.1. The first-order valence-electron chi connectivity index (χ1n) is 12.8. The third kappa shape index (κ3) is 7.24. The number of aliphatic hydroxyl groups is 1. The third-order valence-corrected chi connectivity index (χ3v) is 6.49. The van der Waals surface area contributed by atoms with Gasteiger partial charge in [0.15, 0.2) is 0 Å². The van der Waals surface area contributed by atoms with Gasteiger partial charge < -0.3 is 29.2 Å². The van der Waals surface area contributed by atoms with Crippen LogP contribution >= 0.6 is 0 Å². The molecule has 194 valence electrons. The van der Waals surface area contributed by atoms with Crippen LogP contribution in [0.15, 0.2) is 54.6 Å². The second-order valence-corrected chi connectivity index (χ2v) is 10.7. The number of H-pyrrole nitrogens is 1. The van der Waals surface area contributed by atoms with Crippen LogP contribution in [0.2, 0.25) is 0 Å². The number of rotatable bonds is 10. The average molecular weight is 495 g/mol. The number of benzene rings is 2. The molecule has 3 aromatic rings. The van der Waals surface area contributed by atoms with Crippen molar-refractivity contribution >= 4 is 16.9 Å². The van der Waals surface area contributed by atoms with Crippen molar-refractivity contribution in [3.63, 3.8) is 0 Å². The van der Waals surface area contributed by atoms with Crippen molar-refractivity contribution in [1.82, 2.24) is 9.88 Å². The zero-order valence-corrected chi connectivity index (χ0v) is 21.5. The second kappa shape index (κ2) is 11.8. The Morgan fingerprint density at radius 1 is 1.08 bits per heavy atom. The maximum absolute atomic E-state index is 12.1. The molecule has 2 N–H and O–H groups in total. The van der Waals surface area contributed by atoms with Crippen LogP contribution in [0.5, 0.6) is 11.5 Å². The summed E-state index contributed by atoms with van der Waals surface area (Å²) in [7, 11) is 0. The van der Waals surface area contributed by atoms with Gasteiger partial charge in [0.2, 0.25) is 0 Å². The molecule has 4 rings (SSSR count). The highest BCUT2D eigenvalue weighted by Gasteiger charge is 2.24. The number of hydrogen-bond donors (Lipinski definition) is 2. The lowest BCUT2D eigenvalue weighted by Gasteiger charge is -2.33. The largest absolute Gasteiger partial charge is 0.493 e. The molecule has 0 spiro atoms. The lowest BCUT2D eigenvalue weighted by molar-refractivity contribution is -0.154. The Hall–Kier alpha value is -3.03. The number of aliphatic hydroxyl groups excluding tert-OH is 1. The fraction of sp³-hybridized carbons (Fsp3) is 0.483. The minimum absolute atomic E-state index is 0.180. The van der Waals surface area contributed by atoms with Crippen molar-refractivity contribution < 1.29 is 24.1 Å². The van der Waals surface area contributed by atoms with E-state index in [1.54, 1.807) is 0 Å². The summed E-state index contributed by atoms with van der Waals surface area (Å²) in [6.45, 7) is 9.12. The third-order valence-electron chi connectivity index (χ3n) is 6.49. The molecule has 1 aromatic heterocycles. The van der Waals surface area contributed by atoms with E-state index in [0.717, 1.165) is 54.9 Å². The van der Waals surface area contributed by atoms with E-state index in [4.69, 9.17) is 14.2 Å². The molecule has 1 fully saturated rings. The van der Waals surface area contributed by atoms with Crippen molar-refractivity contribution in [3.8, 4) is 11.5 Å². The molecular weight excluding hydrogens is 456 g/mol. The van der Waals surface area contributed by atoms with Gasteiger partial charge in [-0.3, -0.25) is 4.79 Å². The number of β-amino-alcohol motifs (C(OH)–C–C–N with tert-alkyl or cyclic N) is 1. The smallest absolute Gasteiger partial charge is 0.311 e. The standard InChI is InChI=1S/C29H38N2O5/c1-29(2,3)28(33)36-19-22-16-25-26(30-22)10-7-11-27(25)35-20-23(32)17-31-14-12-21(13-15-31)18-34-24-8-5-4-6-9-24/h4-11,16,21,23,30,32H,12-15,17-20H2,1-3H3. The van der Waals surface area contributed by atoms with Gasteiger partial charge >= 0.3 is 5.97 Å². The highest BCUT2D eigenvalue weighted by atomic mass is 16.5. The Balaban J connectivity index is 1.22. The van der Waals surface area contributed by atoms with Crippen molar-refractivity contribution in [2.24, 2.45) is 11.3 Å². The summed E-state index contributed by atoms with van der Waals surface area (Å²) in [4.78, 5) is 17.7. The van der Waals surface area contributed by atoms with Crippen molar-refractivity contribution in [2.75, 3.05) is 32.8 Å². The molecule has 2 aromatic carbocycles. The first kappa shape index (κ1) is 26.0. The highest BCUT2D eigenvalue weighted by Crippen LogP contribution is 2.27. The van der Waals surface area contributed by atoms with E-state index in [1.807, 2.05) is 75.4 Å². The predicted molar refractivity (Wildman–Crippen MR) is 140 cm³/mol. The zero-order valence-electron chi connectivity index (χ0n) is 21.5. The number of nitrogens with zero attached hydrogens (tertiary/aromatic N) is 1. The molecule has 1 aliphatic rings. The van der Waals surface area contributed by atoms with Gasteiger partial charge in [-0.25, -0.2) is 0 Å². The monoisotopic (exact) mass is 494 g/mol. The first-order chi connectivity index (χ1) is 17.3. The molecule has 1 unspecified atom stereocenters. The van der Waals surface area contributed by atoms with Gasteiger partial charge in [0.25, 0.3) is 0 Å². The summed E-state index contributed by atoms with van der Waals surface area (Å²) < 4.78 is 17.3. The number of piperidine rings is 1. The van der Waals surface area contributed by atoms with Gasteiger partial charge in [0.05, 0.1) is 17.7 Å². The Morgan fingerprint density at radius 3 is 2.56 bits per heavy atom. The van der Waals surface area contributed by atoms with Crippen LogP contribution in [-0.2, 0) is 16.1 Å². The van der Waals surface area contributed by atoms with Gasteiger partial charge in [-0.05, 0) is 83.0 Å². The molecular formula is C29H38N2O5. The summed E-state index contributed by atoms with van der Waals surface area (Å²) in [6.07, 6.45) is 1.54. The molecule has 0 saturated carbocycles. The summed E-state index contributed by atoms with van der Waals surface area (Å²) in [5.74, 6) is 1.92. The topological polar surface area (TPSA) is 84.0 Å². The Morgan fingerprint density at radius 2 is 1.83 bits per heavy atom. The Labute approximate surface area is 213 Å². The lowest BCUT2D eigenvalue weighted by Crippen LogP contribution is -2.41. The number of ether oxygens (including phenoxy) is 3. The number of para-hydroxylation sites is 1. The number of aromatic amines is 1. The fourth-order valence-electron chi connectivity index (χ4n) is 4.35. The molecule has 1 aliphatic heterocycles. The molecule has 2 heterocycles.